The Labute approximate surface area is 406 Å². The zero-order chi connectivity index (χ0) is 50.7. The number of fused-ring (bicyclic) bond motifs is 2. The third-order valence-electron chi connectivity index (χ3n) is 13.0. The summed E-state index contributed by atoms with van der Waals surface area (Å²) < 4.78 is 69.1. The van der Waals surface area contributed by atoms with Gasteiger partial charge in [-0.2, -0.15) is 13.2 Å². The summed E-state index contributed by atoms with van der Waals surface area (Å²) in [5.41, 5.74) is 6.12. The first-order valence-electron chi connectivity index (χ1n) is 23.8. The second kappa shape index (κ2) is 21.3. The van der Waals surface area contributed by atoms with E-state index in [1.54, 1.807) is 51.2 Å². The number of carbonyl (C=O) groups excluding carboxylic acids is 3. The van der Waals surface area contributed by atoms with Gasteiger partial charge in [0.15, 0.2) is 0 Å². The number of alkyl carbamates (subject to hydrolysis) is 1. The molecule has 3 saturated heterocycles. The first kappa shape index (κ1) is 52.1. The molecule has 16 nitrogen and oxygen atoms in total. The Balaban J connectivity index is 1.35. The van der Waals surface area contributed by atoms with Crippen LogP contribution in [0, 0.1) is 5.41 Å². The van der Waals surface area contributed by atoms with E-state index in [0.29, 0.717) is 89.3 Å². The molecule has 0 aliphatic carbocycles. The monoisotopic (exact) mass is 977 g/mol. The maximum Gasteiger partial charge on any atom is 0.408 e. The molecule has 0 saturated carbocycles. The van der Waals surface area contributed by atoms with Crippen LogP contribution in [-0.4, -0.2) is 138 Å². The average molecular weight is 978 g/mol. The largest absolute Gasteiger partial charge is 0.480 e. The van der Waals surface area contributed by atoms with Crippen molar-refractivity contribution < 1.29 is 56.4 Å². The molecule has 7 rings (SSSR count). The van der Waals surface area contributed by atoms with Crippen LogP contribution in [0.2, 0.25) is 0 Å². The van der Waals surface area contributed by atoms with Crippen molar-refractivity contribution in [3.8, 4) is 22.4 Å². The Bertz CT molecular complexity index is 2560. The molecule has 2 aromatic heterocycles. The number of pyridine rings is 1. The number of nitrogens with zero attached hydrogens (tertiary/aromatic N) is 5. The fraction of sp³-hybridized carbons (Fsp3) is 0.549. The number of alkyl halides is 3. The number of carboxylic acid groups (broad SMARTS) is 1. The van der Waals surface area contributed by atoms with Gasteiger partial charge in [0.25, 0.3) is 5.91 Å². The van der Waals surface area contributed by atoms with Crippen LogP contribution in [0.1, 0.15) is 84.2 Å². The standard InChI is InChI=1S/C51H66F3N7O9/c1-31(67-8)44-39(24-36(26-55-44)59-18-17-58-19-20-68-28-37(58)27-59)45-40(25-50(6,7)30-69-32(2)62)38-23-35(14-15-43(38)60(45)29-51(52,53)54)34-12-9-11-33(21-34)22-42(56-48(66)70-49(3,4)5)46(63)61-16-10-13-41(57-61)47(64)65/h9,11-12,14-15,21,23-24,26,31,37,41-42,57H,10,13,16-20,22,25,27-30H2,1-8H3,(H,56,66)(H,64,65)/t31-,37?,41?,42?/m0/s1. The Morgan fingerprint density at radius 3 is 2.46 bits per heavy atom. The van der Waals surface area contributed by atoms with Crippen molar-refractivity contribution in [2.75, 3.05) is 64.6 Å². The number of esters is 1. The topological polar surface area (TPSA) is 177 Å². The Kier molecular flexibility index (Phi) is 15.8. The predicted octanol–water partition coefficient (Wildman–Crippen LogP) is 7.31. The van der Waals surface area contributed by atoms with Gasteiger partial charge in [0, 0.05) is 75.1 Å². The van der Waals surface area contributed by atoms with E-state index in [4.69, 9.17) is 23.9 Å². The summed E-state index contributed by atoms with van der Waals surface area (Å²) in [7, 11) is 1.53. The van der Waals surface area contributed by atoms with Gasteiger partial charge in [-0.3, -0.25) is 29.3 Å². The van der Waals surface area contributed by atoms with Crippen LogP contribution in [0.3, 0.4) is 0 Å². The lowest BCUT2D eigenvalue weighted by Gasteiger charge is -2.44. The molecule has 3 aliphatic heterocycles. The maximum absolute atomic E-state index is 15.0. The number of morpholine rings is 1. The molecule has 0 bridgehead atoms. The van der Waals surface area contributed by atoms with Crippen molar-refractivity contribution in [1.29, 1.82) is 0 Å². The van der Waals surface area contributed by atoms with Gasteiger partial charge >= 0.3 is 24.2 Å². The van der Waals surface area contributed by atoms with E-state index < -0.39 is 65.9 Å². The second-order valence-corrected chi connectivity index (χ2v) is 20.4. The molecule has 3 fully saturated rings. The minimum atomic E-state index is -4.63. The number of anilines is 1. The molecule has 2 amide bonds. The summed E-state index contributed by atoms with van der Waals surface area (Å²) in [5.74, 6) is -2.13. The summed E-state index contributed by atoms with van der Waals surface area (Å²) in [4.78, 5) is 60.8. The molecule has 70 heavy (non-hydrogen) atoms. The number of methoxy groups -OCH3 is 1. The molecule has 4 aromatic rings. The Hall–Kier alpha value is -5.76. The molecular formula is C51H66F3N7O9. The number of aromatic nitrogens is 2. The molecule has 3 aliphatic rings. The van der Waals surface area contributed by atoms with E-state index in [-0.39, 0.29) is 32.0 Å². The number of halogens is 3. The number of piperazine rings is 1. The van der Waals surface area contributed by atoms with Crippen molar-refractivity contribution >= 4 is 40.5 Å². The minimum Gasteiger partial charge on any atom is -0.480 e. The second-order valence-electron chi connectivity index (χ2n) is 20.4. The highest BCUT2D eigenvalue weighted by Crippen LogP contribution is 2.44. The summed E-state index contributed by atoms with van der Waals surface area (Å²) in [6.07, 6.45) is -3.33. The van der Waals surface area contributed by atoms with Crippen LogP contribution in [0.5, 0.6) is 0 Å². The number of hydrogen-bond acceptors (Lipinski definition) is 12. The molecule has 380 valence electrons. The van der Waals surface area contributed by atoms with Gasteiger partial charge in [0.05, 0.1) is 55.2 Å². The van der Waals surface area contributed by atoms with Crippen molar-refractivity contribution in [1.82, 2.24) is 30.2 Å². The highest BCUT2D eigenvalue weighted by Gasteiger charge is 2.37. The Morgan fingerprint density at radius 2 is 1.76 bits per heavy atom. The Morgan fingerprint density at radius 1 is 1.00 bits per heavy atom. The molecule has 0 radical (unpaired) electrons. The number of carbonyl (C=O) groups is 4. The number of carboxylic acids is 1. The van der Waals surface area contributed by atoms with Gasteiger partial charge in [-0.05, 0) is 87.4 Å². The highest BCUT2D eigenvalue weighted by atomic mass is 19.4. The molecule has 3 unspecified atom stereocenters. The summed E-state index contributed by atoms with van der Waals surface area (Å²) >= 11 is 0. The predicted molar refractivity (Wildman–Crippen MR) is 257 cm³/mol. The summed E-state index contributed by atoms with van der Waals surface area (Å²) in [5, 5.41) is 14.2. The van der Waals surface area contributed by atoms with Crippen LogP contribution in [-0.2, 0) is 52.7 Å². The van der Waals surface area contributed by atoms with Crippen LogP contribution >= 0.6 is 0 Å². The van der Waals surface area contributed by atoms with Crippen LogP contribution in [0.25, 0.3) is 33.3 Å². The lowest BCUT2D eigenvalue weighted by molar-refractivity contribution is -0.148. The normalized spacial score (nSPS) is 19.1. The number of nitrogens with one attached hydrogen (secondary N) is 2. The van der Waals surface area contributed by atoms with Crippen molar-refractivity contribution in [2.24, 2.45) is 5.41 Å². The third kappa shape index (κ3) is 12.8. The quantitative estimate of drug-likeness (QED) is 0.101. The van der Waals surface area contributed by atoms with Gasteiger partial charge in [-0.1, -0.05) is 44.2 Å². The molecule has 3 N–H and O–H groups in total. The number of rotatable bonds is 15. The van der Waals surface area contributed by atoms with E-state index in [9.17, 15) is 24.3 Å². The molecule has 0 spiro atoms. The number of hydrogen-bond donors (Lipinski definition) is 3. The maximum atomic E-state index is 15.0. The fourth-order valence-corrected chi connectivity index (χ4v) is 9.58. The van der Waals surface area contributed by atoms with Crippen molar-refractivity contribution in [2.45, 2.75) is 117 Å². The van der Waals surface area contributed by atoms with Gasteiger partial charge < -0.3 is 38.8 Å². The van der Waals surface area contributed by atoms with Crippen molar-refractivity contribution in [3.63, 3.8) is 0 Å². The summed E-state index contributed by atoms with van der Waals surface area (Å²) in [6.45, 7) is 15.2. The molecule has 2 aromatic carbocycles. The SMILES string of the molecule is CO[C@@H](C)c1ncc(N2CCN3CCOCC3C2)cc1-c1c(CC(C)(C)COC(C)=O)c2cc(-c3cccc(CC(NC(=O)OC(C)(C)C)C(=O)N4CCCC(C(=O)O)N4)c3)ccc2n1CC(F)(F)F. The lowest BCUT2D eigenvalue weighted by Crippen LogP contribution is -2.60. The van der Waals surface area contributed by atoms with E-state index in [1.165, 1.54) is 23.6 Å². The number of aliphatic carboxylic acids is 1. The smallest absolute Gasteiger partial charge is 0.408 e. The van der Waals surface area contributed by atoms with Gasteiger partial charge in [0.2, 0.25) is 0 Å². The van der Waals surface area contributed by atoms with Gasteiger partial charge in [-0.15, -0.1) is 0 Å². The molecule has 5 heterocycles. The first-order chi connectivity index (χ1) is 33.0. The number of hydrazine groups is 1. The minimum absolute atomic E-state index is 0.00159. The average Bonchev–Trinajstić information content (AvgIpc) is 3.58. The molecule has 4 atom stereocenters. The lowest BCUT2D eigenvalue weighted by atomic mass is 9.84. The number of ether oxygens (including phenoxy) is 4. The zero-order valence-electron chi connectivity index (χ0n) is 41.3. The van der Waals surface area contributed by atoms with Crippen LogP contribution < -0.4 is 15.6 Å². The van der Waals surface area contributed by atoms with Crippen LogP contribution in [0.15, 0.2) is 54.7 Å². The molecule has 19 heteroatoms. The number of amides is 2. The van der Waals surface area contributed by atoms with E-state index in [1.807, 2.05) is 45.0 Å². The fourth-order valence-electron chi connectivity index (χ4n) is 9.58. The first-order valence-corrected chi connectivity index (χ1v) is 23.8. The van der Waals surface area contributed by atoms with Crippen molar-refractivity contribution in [3.05, 3.63) is 71.5 Å². The van der Waals surface area contributed by atoms with Gasteiger partial charge in [0.1, 0.15) is 24.2 Å². The van der Waals surface area contributed by atoms with E-state index in [2.05, 4.69) is 20.5 Å². The zero-order valence-corrected chi connectivity index (χ0v) is 41.3. The van der Waals surface area contributed by atoms with Crippen LogP contribution in [0.4, 0.5) is 23.7 Å². The van der Waals surface area contributed by atoms with E-state index >= 15 is 13.2 Å². The highest BCUT2D eigenvalue weighted by molar-refractivity contribution is 5.96. The van der Waals surface area contributed by atoms with Gasteiger partial charge in [-0.25, -0.2) is 10.2 Å². The van der Waals surface area contributed by atoms with E-state index in [0.717, 1.165) is 18.8 Å². The molecular weight excluding hydrogens is 912 g/mol. The summed E-state index contributed by atoms with van der Waals surface area (Å²) in [6, 6.07) is 12.5. The number of benzene rings is 2. The third-order valence-corrected chi connectivity index (χ3v) is 13.0.